The quantitative estimate of drug-likeness (QED) is 0.137. The Bertz CT molecular complexity index is 1450. The van der Waals surface area contributed by atoms with Gasteiger partial charge in [0.25, 0.3) is 0 Å². The second-order valence-electron chi connectivity index (χ2n) is 9.71. The van der Waals surface area contributed by atoms with Crippen molar-refractivity contribution in [2.75, 3.05) is 36.0 Å². The summed E-state index contributed by atoms with van der Waals surface area (Å²) in [5, 5.41) is 8.78. The molecule has 0 N–H and O–H groups in total. The van der Waals surface area contributed by atoms with Crippen LogP contribution in [0.5, 0.6) is 0 Å². The average molecular weight is 556 g/mol. The van der Waals surface area contributed by atoms with E-state index in [1.54, 1.807) is 0 Å². The summed E-state index contributed by atoms with van der Waals surface area (Å²) < 4.78 is 0. The van der Waals surface area contributed by atoms with Gasteiger partial charge in [-0.2, -0.15) is 5.26 Å². The van der Waals surface area contributed by atoms with Gasteiger partial charge in [-0.05, 0) is 86.3 Å². The molecule has 0 heterocycles. The lowest BCUT2D eigenvalue weighted by atomic mass is 10.1. The molecule has 0 radical (unpaired) electrons. The lowest BCUT2D eigenvalue weighted by Crippen LogP contribution is -2.21. The molecule has 42 heavy (non-hydrogen) atoms. The van der Waals surface area contributed by atoms with Gasteiger partial charge in [0, 0.05) is 43.1 Å². The van der Waals surface area contributed by atoms with Crippen LogP contribution in [0.15, 0.2) is 97.1 Å². The second kappa shape index (κ2) is 17.0. The Morgan fingerprint density at radius 2 is 0.786 bits per heavy atom. The summed E-state index contributed by atoms with van der Waals surface area (Å²) in [6.45, 7) is 12.8. The van der Waals surface area contributed by atoms with Gasteiger partial charge >= 0.3 is 0 Å². The minimum atomic E-state index is 0.690. The van der Waals surface area contributed by atoms with E-state index in [4.69, 9.17) is 5.26 Å². The number of aldehydes is 1. The van der Waals surface area contributed by atoms with Crippen molar-refractivity contribution in [3.63, 3.8) is 0 Å². The average Bonchev–Trinajstić information content (AvgIpc) is 3.06. The fourth-order valence-electron chi connectivity index (χ4n) is 4.51. The van der Waals surface area contributed by atoms with Gasteiger partial charge in [-0.15, -0.1) is 0 Å². The molecular formula is C38H41N3O. The predicted molar refractivity (Wildman–Crippen MR) is 181 cm³/mol. The molecule has 0 unspecified atom stereocenters. The maximum atomic E-state index is 10.6. The molecule has 0 aliphatic carbocycles. The number of carbonyl (C=O) groups excluding carboxylic acids is 1. The Morgan fingerprint density at radius 1 is 0.500 bits per heavy atom. The van der Waals surface area contributed by atoms with Crippen LogP contribution in [0.4, 0.5) is 11.4 Å². The minimum absolute atomic E-state index is 0.690. The lowest BCUT2D eigenvalue weighted by molar-refractivity contribution is 0.112. The summed E-state index contributed by atoms with van der Waals surface area (Å²) >= 11 is 0. The van der Waals surface area contributed by atoms with Crippen molar-refractivity contribution < 1.29 is 4.79 Å². The minimum Gasteiger partial charge on any atom is -0.372 e. The number of anilines is 2. The van der Waals surface area contributed by atoms with Crippen molar-refractivity contribution in [1.29, 1.82) is 5.26 Å². The molecule has 0 aliphatic heterocycles. The topological polar surface area (TPSA) is 47.3 Å². The number of hydrogen-bond donors (Lipinski definition) is 0. The van der Waals surface area contributed by atoms with Crippen LogP contribution in [0.25, 0.3) is 24.3 Å². The molecule has 0 bridgehead atoms. The first-order valence-electron chi connectivity index (χ1n) is 14.6. The van der Waals surface area contributed by atoms with Crippen LogP contribution in [0.3, 0.4) is 0 Å². The van der Waals surface area contributed by atoms with E-state index >= 15 is 0 Å². The summed E-state index contributed by atoms with van der Waals surface area (Å²) in [7, 11) is 0. The van der Waals surface area contributed by atoms with E-state index in [0.717, 1.165) is 43.6 Å². The molecule has 0 saturated carbocycles. The molecule has 0 fully saturated rings. The molecule has 214 valence electrons. The van der Waals surface area contributed by atoms with E-state index in [0.29, 0.717) is 11.1 Å². The third-order valence-electron chi connectivity index (χ3n) is 7.09. The monoisotopic (exact) mass is 555 g/mol. The molecule has 0 aromatic heterocycles. The van der Waals surface area contributed by atoms with E-state index in [2.05, 4.69) is 116 Å². The number of nitrogens with zero attached hydrogens (tertiary/aromatic N) is 3. The standard InChI is InChI=1S/C19H20N2.C19H21NO/c1-3-21(4-2)19-13-11-17(12-14-19)6-5-16-7-9-18(15-20)10-8-16;1-3-20(4-2)19-13-11-17(12-14-19)6-5-16-7-9-18(15-21)10-8-16/h5-14H,3-4H2,1-2H3;5-15H,3-4H2,1-2H3/b2*6-5+. The van der Waals surface area contributed by atoms with Crippen LogP contribution in [-0.2, 0) is 0 Å². The predicted octanol–water partition coefficient (Wildman–Crippen LogP) is 9.09. The zero-order valence-corrected chi connectivity index (χ0v) is 25.2. The van der Waals surface area contributed by atoms with Gasteiger partial charge < -0.3 is 9.80 Å². The summed E-state index contributed by atoms with van der Waals surface area (Å²) in [6.07, 6.45) is 9.16. The number of carbonyl (C=O) groups is 1. The normalized spacial score (nSPS) is 10.6. The number of hydrogen-bond acceptors (Lipinski definition) is 4. The molecule has 0 amide bonds. The summed E-state index contributed by atoms with van der Waals surface area (Å²) in [5.74, 6) is 0. The molecule has 4 rings (SSSR count). The highest BCUT2D eigenvalue weighted by Gasteiger charge is 2.01. The Labute approximate surface area is 251 Å². The van der Waals surface area contributed by atoms with E-state index in [1.165, 1.54) is 22.5 Å². The van der Waals surface area contributed by atoms with Gasteiger partial charge in [-0.1, -0.05) is 85.0 Å². The van der Waals surface area contributed by atoms with E-state index in [9.17, 15) is 4.79 Å². The molecular weight excluding hydrogens is 514 g/mol. The Hall–Kier alpha value is -4.88. The van der Waals surface area contributed by atoms with Gasteiger partial charge in [0.05, 0.1) is 11.6 Å². The fourth-order valence-corrected chi connectivity index (χ4v) is 4.51. The third-order valence-corrected chi connectivity index (χ3v) is 7.09. The highest BCUT2D eigenvalue weighted by atomic mass is 16.1. The lowest BCUT2D eigenvalue weighted by Gasteiger charge is -2.20. The van der Waals surface area contributed by atoms with E-state index < -0.39 is 0 Å². The zero-order valence-electron chi connectivity index (χ0n) is 25.2. The Balaban J connectivity index is 0.000000230. The van der Waals surface area contributed by atoms with Crippen molar-refractivity contribution >= 4 is 42.0 Å². The molecule has 0 aliphatic rings. The van der Waals surface area contributed by atoms with Gasteiger partial charge in [0.1, 0.15) is 6.29 Å². The van der Waals surface area contributed by atoms with Crippen molar-refractivity contribution in [1.82, 2.24) is 0 Å². The summed E-state index contributed by atoms with van der Waals surface area (Å²) in [4.78, 5) is 15.3. The highest BCUT2D eigenvalue weighted by molar-refractivity contribution is 5.77. The molecule has 4 aromatic rings. The zero-order chi connectivity index (χ0) is 30.2. The molecule has 0 saturated heterocycles. The van der Waals surface area contributed by atoms with E-state index in [1.807, 2.05) is 48.5 Å². The summed E-state index contributed by atoms with van der Waals surface area (Å²) in [5.41, 5.74) is 8.45. The first kappa shape index (κ1) is 31.6. The second-order valence-corrected chi connectivity index (χ2v) is 9.71. The summed E-state index contributed by atoms with van der Waals surface area (Å²) in [6, 6.07) is 34.4. The molecule has 4 aromatic carbocycles. The van der Waals surface area contributed by atoms with Crippen molar-refractivity contribution in [2.24, 2.45) is 0 Å². The van der Waals surface area contributed by atoms with Crippen molar-refractivity contribution in [2.45, 2.75) is 27.7 Å². The van der Waals surface area contributed by atoms with Crippen LogP contribution >= 0.6 is 0 Å². The highest BCUT2D eigenvalue weighted by Crippen LogP contribution is 2.18. The van der Waals surface area contributed by atoms with Crippen LogP contribution in [-0.4, -0.2) is 32.5 Å². The van der Waals surface area contributed by atoms with E-state index in [-0.39, 0.29) is 0 Å². The van der Waals surface area contributed by atoms with Crippen LogP contribution in [0, 0.1) is 11.3 Å². The Kier molecular flexibility index (Phi) is 12.8. The number of nitriles is 1. The largest absolute Gasteiger partial charge is 0.372 e. The fraction of sp³-hybridized carbons (Fsp3) is 0.211. The maximum Gasteiger partial charge on any atom is 0.150 e. The maximum absolute atomic E-state index is 10.6. The van der Waals surface area contributed by atoms with Crippen LogP contribution < -0.4 is 9.80 Å². The van der Waals surface area contributed by atoms with Crippen LogP contribution in [0.1, 0.15) is 65.9 Å². The molecule has 4 heteroatoms. The van der Waals surface area contributed by atoms with Gasteiger partial charge in [-0.25, -0.2) is 0 Å². The van der Waals surface area contributed by atoms with Gasteiger partial charge in [0.15, 0.2) is 0 Å². The molecule has 0 spiro atoms. The first-order valence-corrected chi connectivity index (χ1v) is 14.6. The van der Waals surface area contributed by atoms with Crippen molar-refractivity contribution in [3.8, 4) is 6.07 Å². The SMILES string of the molecule is CCN(CC)c1ccc(/C=C/c2ccc(C#N)cc2)cc1.CCN(CC)c1ccc(/C=C/c2ccc(C=O)cc2)cc1. The molecule has 4 nitrogen and oxygen atoms in total. The smallest absolute Gasteiger partial charge is 0.150 e. The number of benzene rings is 4. The third kappa shape index (κ3) is 9.64. The van der Waals surface area contributed by atoms with Crippen LogP contribution in [0.2, 0.25) is 0 Å². The number of rotatable bonds is 11. The van der Waals surface area contributed by atoms with Crippen molar-refractivity contribution in [3.05, 3.63) is 130 Å². The molecule has 0 atom stereocenters. The first-order chi connectivity index (χ1) is 20.5. The Morgan fingerprint density at radius 3 is 1.07 bits per heavy atom. The van der Waals surface area contributed by atoms with Gasteiger partial charge in [0.2, 0.25) is 0 Å². The van der Waals surface area contributed by atoms with Gasteiger partial charge in [-0.3, -0.25) is 4.79 Å².